The van der Waals surface area contributed by atoms with Gasteiger partial charge in [0, 0.05) is 13.6 Å². The van der Waals surface area contributed by atoms with E-state index >= 15 is 0 Å². The number of aromatic nitrogens is 2. The van der Waals surface area contributed by atoms with Gasteiger partial charge in [-0.15, -0.1) is 0 Å². The molecular formula is C9H14N4O3. The fourth-order valence-electron chi connectivity index (χ4n) is 1.17. The number of ether oxygens (including phenoxy) is 1. The molecule has 0 aliphatic heterocycles. The van der Waals surface area contributed by atoms with Gasteiger partial charge in [-0.25, -0.2) is 4.98 Å². The van der Waals surface area contributed by atoms with Crippen LogP contribution in [0.1, 0.15) is 6.42 Å². The summed E-state index contributed by atoms with van der Waals surface area (Å²) >= 11 is 0. The molecule has 0 amide bonds. The molecule has 0 aromatic carbocycles. The van der Waals surface area contributed by atoms with E-state index < -0.39 is 5.56 Å². The molecule has 0 fully saturated rings. The molecule has 1 rings (SSSR count). The summed E-state index contributed by atoms with van der Waals surface area (Å²) in [4.78, 5) is 30.1. The van der Waals surface area contributed by atoms with Crippen LogP contribution >= 0.6 is 0 Å². The van der Waals surface area contributed by atoms with E-state index in [4.69, 9.17) is 5.73 Å². The zero-order valence-corrected chi connectivity index (χ0v) is 9.19. The molecule has 0 bridgehead atoms. The van der Waals surface area contributed by atoms with Crippen LogP contribution in [-0.4, -0.2) is 36.6 Å². The molecule has 0 radical (unpaired) electrons. The first kappa shape index (κ1) is 12.0. The van der Waals surface area contributed by atoms with E-state index in [0.717, 1.165) is 0 Å². The second-order valence-corrected chi connectivity index (χ2v) is 3.22. The van der Waals surface area contributed by atoms with Crippen molar-refractivity contribution >= 4 is 17.5 Å². The fourth-order valence-corrected chi connectivity index (χ4v) is 1.17. The van der Waals surface area contributed by atoms with Gasteiger partial charge in [0.25, 0.3) is 5.56 Å². The van der Waals surface area contributed by atoms with Crippen molar-refractivity contribution in [3.05, 3.63) is 16.7 Å². The molecule has 1 aromatic heterocycles. The van der Waals surface area contributed by atoms with Crippen LogP contribution in [0, 0.1) is 0 Å². The van der Waals surface area contributed by atoms with E-state index in [-0.39, 0.29) is 18.1 Å². The van der Waals surface area contributed by atoms with Crippen LogP contribution in [-0.2, 0) is 9.53 Å². The van der Waals surface area contributed by atoms with Gasteiger partial charge in [-0.2, -0.15) is 0 Å². The van der Waals surface area contributed by atoms with E-state index in [1.165, 1.54) is 13.4 Å². The highest BCUT2D eigenvalue weighted by Crippen LogP contribution is 2.12. The van der Waals surface area contributed by atoms with Crippen molar-refractivity contribution in [2.75, 3.05) is 31.3 Å². The molecule has 0 aliphatic rings. The lowest BCUT2D eigenvalue weighted by Crippen LogP contribution is -2.26. The molecule has 0 spiro atoms. The molecule has 1 aromatic rings. The first-order valence-corrected chi connectivity index (χ1v) is 4.67. The predicted molar refractivity (Wildman–Crippen MR) is 59.2 cm³/mol. The normalized spacial score (nSPS) is 9.88. The summed E-state index contributed by atoms with van der Waals surface area (Å²) in [5.41, 5.74) is 5.20. The van der Waals surface area contributed by atoms with Gasteiger partial charge in [0.1, 0.15) is 5.69 Å². The van der Waals surface area contributed by atoms with Gasteiger partial charge in [-0.1, -0.05) is 0 Å². The van der Waals surface area contributed by atoms with E-state index in [0.29, 0.717) is 12.4 Å². The number of aromatic amines is 1. The summed E-state index contributed by atoms with van der Waals surface area (Å²) in [6, 6.07) is 0. The molecule has 0 saturated heterocycles. The van der Waals surface area contributed by atoms with Crippen molar-refractivity contribution < 1.29 is 9.53 Å². The van der Waals surface area contributed by atoms with Gasteiger partial charge in [-0.3, -0.25) is 9.59 Å². The van der Waals surface area contributed by atoms with Crippen molar-refractivity contribution in [1.29, 1.82) is 0 Å². The summed E-state index contributed by atoms with van der Waals surface area (Å²) in [6.07, 6.45) is 1.48. The van der Waals surface area contributed by atoms with Crippen molar-refractivity contribution in [3.8, 4) is 0 Å². The number of anilines is 2. The number of nitrogens with two attached hydrogens (primary N) is 1. The first-order valence-electron chi connectivity index (χ1n) is 4.67. The third-order valence-corrected chi connectivity index (χ3v) is 2.11. The van der Waals surface area contributed by atoms with E-state index in [9.17, 15) is 9.59 Å². The van der Waals surface area contributed by atoms with Gasteiger partial charge in [0.05, 0.1) is 19.9 Å². The van der Waals surface area contributed by atoms with Gasteiger partial charge in [0.2, 0.25) is 0 Å². The molecular weight excluding hydrogens is 212 g/mol. The summed E-state index contributed by atoms with van der Waals surface area (Å²) in [5.74, 6) is 0.0305. The Bertz CT molecular complexity index is 429. The minimum absolute atomic E-state index is 0.0369. The second-order valence-electron chi connectivity index (χ2n) is 3.22. The van der Waals surface area contributed by atoms with Gasteiger partial charge in [-0.05, 0) is 0 Å². The minimum atomic E-state index is -0.394. The van der Waals surface area contributed by atoms with E-state index in [1.807, 2.05) is 0 Å². The minimum Gasteiger partial charge on any atom is -0.469 e. The standard InChI is InChI=1S/C9H14N4O3/c1-13(4-3-6(14)16-2)8-7(10)9(15)12-5-11-8/h5H,3-4,10H2,1-2H3,(H,11,12,15). The molecule has 16 heavy (non-hydrogen) atoms. The number of carbonyl (C=O) groups excluding carboxylic acids is 1. The van der Waals surface area contributed by atoms with E-state index in [2.05, 4.69) is 14.7 Å². The molecule has 0 aliphatic carbocycles. The van der Waals surface area contributed by atoms with Crippen LogP contribution < -0.4 is 16.2 Å². The number of rotatable bonds is 4. The summed E-state index contributed by atoms with van der Waals surface area (Å²) < 4.78 is 4.51. The fraction of sp³-hybridized carbons (Fsp3) is 0.444. The van der Waals surface area contributed by atoms with Crippen molar-refractivity contribution in [2.24, 2.45) is 0 Å². The number of nitrogens with zero attached hydrogens (tertiary/aromatic N) is 2. The number of nitrogen functional groups attached to an aromatic ring is 1. The zero-order chi connectivity index (χ0) is 12.1. The van der Waals surface area contributed by atoms with Crippen LogP contribution in [0.4, 0.5) is 11.5 Å². The molecule has 3 N–H and O–H groups in total. The zero-order valence-electron chi connectivity index (χ0n) is 9.19. The topological polar surface area (TPSA) is 101 Å². The van der Waals surface area contributed by atoms with Gasteiger partial charge >= 0.3 is 5.97 Å². The molecule has 1 heterocycles. The van der Waals surface area contributed by atoms with Crippen LogP contribution in [0.15, 0.2) is 11.1 Å². The maximum atomic E-state index is 11.2. The Balaban J connectivity index is 2.73. The smallest absolute Gasteiger partial charge is 0.307 e. The molecule has 7 nitrogen and oxygen atoms in total. The van der Waals surface area contributed by atoms with Crippen LogP contribution in [0.25, 0.3) is 0 Å². The Morgan fingerprint density at radius 2 is 2.38 bits per heavy atom. The van der Waals surface area contributed by atoms with Crippen molar-refractivity contribution in [2.45, 2.75) is 6.42 Å². The maximum Gasteiger partial charge on any atom is 0.307 e. The largest absolute Gasteiger partial charge is 0.469 e. The highest BCUT2D eigenvalue weighted by atomic mass is 16.5. The van der Waals surface area contributed by atoms with Crippen LogP contribution in [0.3, 0.4) is 0 Å². The molecule has 7 heteroatoms. The first-order chi connectivity index (χ1) is 7.56. The number of hydrogen-bond donors (Lipinski definition) is 2. The average Bonchev–Trinajstić information content (AvgIpc) is 2.29. The predicted octanol–water partition coefficient (Wildman–Crippen LogP) is -0.649. The number of nitrogens with one attached hydrogen (secondary N) is 1. The Labute approximate surface area is 92.2 Å². The number of hydrogen-bond acceptors (Lipinski definition) is 6. The summed E-state index contributed by atoms with van der Waals surface area (Å²) in [7, 11) is 3.02. The Morgan fingerprint density at radius 3 is 3.00 bits per heavy atom. The molecule has 88 valence electrons. The summed E-state index contributed by atoms with van der Waals surface area (Å²) in [6.45, 7) is 0.382. The number of methoxy groups -OCH3 is 1. The second kappa shape index (κ2) is 5.15. The number of H-pyrrole nitrogens is 1. The molecule has 0 saturated carbocycles. The Hall–Kier alpha value is -2.05. The highest BCUT2D eigenvalue weighted by Gasteiger charge is 2.11. The third kappa shape index (κ3) is 2.72. The monoisotopic (exact) mass is 226 g/mol. The lowest BCUT2D eigenvalue weighted by atomic mass is 10.3. The Morgan fingerprint density at radius 1 is 1.69 bits per heavy atom. The summed E-state index contributed by atoms with van der Waals surface area (Å²) in [5, 5.41) is 0. The molecule has 0 atom stereocenters. The lowest BCUT2D eigenvalue weighted by Gasteiger charge is -2.18. The van der Waals surface area contributed by atoms with Crippen molar-refractivity contribution in [3.63, 3.8) is 0 Å². The van der Waals surface area contributed by atoms with Gasteiger partial charge in [0.15, 0.2) is 5.82 Å². The van der Waals surface area contributed by atoms with Gasteiger partial charge < -0.3 is 20.4 Å². The van der Waals surface area contributed by atoms with E-state index in [1.54, 1.807) is 11.9 Å². The average molecular weight is 226 g/mol. The quantitative estimate of drug-likeness (QED) is 0.662. The maximum absolute atomic E-state index is 11.2. The SMILES string of the molecule is COC(=O)CCN(C)c1nc[nH]c(=O)c1N. The number of carbonyl (C=O) groups is 1. The third-order valence-electron chi connectivity index (χ3n) is 2.11. The van der Waals surface area contributed by atoms with Crippen molar-refractivity contribution in [1.82, 2.24) is 9.97 Å². The lowest BCUT2D eigenvalue weighted by molar-refractivity contribution is -0.140. The number of esters is 1. The Kier molecular flexibility index (Phi) is 3.87. The molecule has 0 unspecified atom stereocenters. The van der Waals surface area contributed by atoms with Crippen LogP contribution in [0.5, 0.6) is 0 Å². The highest BCUT2D eigenvalue weighted by molar-refractivity contribution is 5.70. The van der Waals surface area contributed by atoms with Crippen LogP contribution in [0.2, 0.25) is 0 Å².